The molecule has 0 aromatic heterocycles. The van der Waals surface area contributed by atoms with Gasteiger partial charge in [0.25, 0.3) is 0 Å². The fourth-order valence-electron chi connectivity index (χ4n) is 5.93. The molecular formula is C38H32N2O2. The predicted octanol–water partition coefficient (Wildman–Crippen LogP) is 8.54. The first-order chi connectivity index (χ1) is 20.7. The second-order valence-corrected chi connectivity index (χ2v) is 10.6. The number of hydrogen-bond donors (Lipinski definition) is 0. The lowest BCUT2D eigenvalue weighted by molar-refractivity contribution is -0.111. The zero-order chi connectivity index (χ0) is 28.8. The van der Waals surface area contributed by atoms with Crippen molar-refractivity contribution >= 4 is 35.3 Å². The first-order valence-corrected chi connectivity index (χ1v) is 14.2. The molecule has 4 nitrogen and oxygen atoms in total. The summed E-state index contributed by atoms with van der Waals surface area (Å²) in [5, 5.41) is 0. The molecule has 0 saturated carbocycles. The lowest BCUT2D eigenvalue weighted by Gasteiger charge is -2.40. The molecule has 2 atom stereocenters. The van der Waals surface area contributed by atoms with Gasteiger partial charge in [0, 0.05) is 22.7 Å². The third-order valence-corrected chi connectivity index (χ3v) is 7.97. The van der Waals surface area contributed by atoms with Gasteiger partial charge in [-0.2, -0.15) is 0 Å². The number of allylic oxidation sites excluding steroid dienone is 4. The Bertz CT molecular complexity index is 1560. The highest BCUT2D eigenvalue weighted by atomic mass is 16.1. The van der Waals surface area contributed by atoms with E-state index in [-0.39, 0.29) is 0 Å². The molecule has 42 heavy (non-hydrogen) atoms. The summed E-state index contributed by atoms with van der Waals surface area (Å²) in [6, 6.07) is 36.7. The van der Waals surface area contributed by atoms with E-state index in [1.54, 1.807) is 0 Å². The van der Waals surface area contributed by atoms with Gasteiger partial charge in [-0.3, -0.25) is 0 Å². The van der Waals surface area contributed by atoms with Gasteiger partial charge in [-0.1, -0.05) is 109 Å². The molecule has 0 N–H and O–H groups in total. The van der Waals surface area contributed by atoms with E-state index >= 15 is 0 Å². The highest BCUT2D eigenvalue weighted by Gasteiger charge is 2.37. The molecule has 0 fully saturated rings. The van der Waals surface area contributed by atoms with Crippen molar-refractivity contribution in [1.29, 1.82) is 0 Å². The number of aldehydes is 2. The number of para-hydroxylation sites is 2. The Morgan fingerprint density at radius 1 is 0.476 bits per heavy atom. The van der Waals surface area contributed by atoms with E-state index in [4.69, 9.17) is 0 Å². The van der Waals surface area contributed by atoms with Crippen LogP contribution < -0.4 is 9.80 Å². The van der Waals surface area contributed by atoms with Crippen molar-refractivity contribution in [3.8, 4) is 11.1 Å². The molecule has 0 radical (unpaired) electrons. The van der Waals surface area contributed by atoms with Crippen molar-refractivity contribution in [1.82, 2.24) is 0 Å². The summed E-state index contributed by atoms with van der Waals surface area (Å²) in [6.45, 7) is 0. The number of carbonyl (C=O) groups is 2. The number of anilines is 4. The van der Waals surface area contributed by atoms with E-state index in [1.165, 1.54) is 0 Å². The van der Waals surface area contributed by atoms with Crippen LogP contribution in [0.15, 0.2) is 158 Å². The van der Waals surface area contributed by atoms with Gasteiger partial charge >= 0.3 is 0 Å². The zero-order valence-corrected chi connectivity index (χ0v) is 23.3. The third-order valence-electron chi connectivity index (χ3n) is 7.97. The fraction of sp³-hybridized carbons (Fsp3) is 0.105. The van der Waals surface area contributed by atoms with Crippen LogP contribution in [0.4, 0.5) is 22.7 Å². The molecule has 206 valence electrons. The maximum absolute atomic E-state index is 12.7. The summed E-state index contributed by atoms with van der Waals surface area (Å²) in [5.41, 5.74) is 4.07. The van der Waals surface area contributed by atoms with Crippen molar-refractivity contribution in [2.75, 3.05) is 9.80 Å². The average Bonchev–Trinajstić information content (AvgIpc) is 3.07. The molecule has 2 unspecified atom stereocenters. The Morgan fingerprint density at radius 2 is 0.881 bits per heavy atom. The van der Waals surface area contributed by atoms with Crippen LogP contribution in [0.25, 0.3) is 11.1 Å². The molecule has 4 heteroatoms. The van der Waals surface area contributed by atoms with Gasteiger partial charge in [0.2, 0.25) is 0 Å². The van der Waals surface area contributed by atoms with E-state index in [9.17, 15) is 9.59 Å². The lowest BCUT2D eigenvalue weighted by Crippen LogP contribution is -2.46. The standard InChI is InChI=1S/C38H32N2O2/c41-29-37(23-9-3-10-24-37)39(33-17-5-1-6-18-33)35-21-13-15-31(27-35)32-16-14-22-36(28-32)40(34-19-7-2-8-20-34)38(30-42)25-11-4-12-26-38/h1-23,25,27-30H,24,26H2. The fourth-order valence-corrected chi connectivity index (χ4v) is 5.93. The molecule has 0 heterocycles. The Hall–Kier alpha value is -5.22. The van der Waals surface area contributed by atoms with Crippen molar-refractivity contribution in [3.63, 3.8) is 0 Å². The minimum Gasteiger partial charge on any atom is -0.325 e. The molecule has 4 aromatic rings. The van der Waals surface area contributed by atoms with Crippen molar-refractivity contribution in [2.24, 2.45) is 0 Å². The van der Waals surface area contributed by atoms with Crippen LogP contribution >= 0.6 is 0 Å². The number of hydrogen-bond acceptors (Lipinski definition) is 4. The Kier molecular flexibility index (Phi) is 7.52. The number of rotatable bonds is 9. The monoisotopic (exact) mass is 548 g/mol. The summed E-state index contributed by atoms with van der Waals surface area (Å²) < 4.78 is 0. The minimum atomic E-state index is -0.835. The number of nitrogens with zero attached hydrogens (tertiary/aromatic N) is 2. The first kappa shape index (κ1) is 27.0. The number of benzene rings is 4. The first-order valence-electron chi connectivity index (χ1n) is 14.2. The Labute approximate surface area is 247 Å². The van der Waals surface area contributed by atoms with Crippen molar-refractivity contribution in [3.05, 3.63) is 158 Å². The zero-order valence-electron chi connectivity index (χ0n) is 23.3. The predicted molar refractivity (Wildman–Crippen MR) is 172 cm³/mol. The van der Waals surface area contributed by atoms with Gasteiger partial charge in [0.05, 0.1) is 0 Å². The van der Waals surface area contributed by atoms with Crippen LogP contribution in [0, 0.1) is 0 Å². The Morgan fingerprint density at radius 3 is 1.24 bits per heavy atom. The van der Waals surface area contributed by atoms with E-state index < -0.39 is 11.1 Å². The average molecular weight is 549 g/mol. The normalized spacial score (nSPS) is 20.7. The highest BCUT2D eigenvalue weighted by molar-refractivity contribution is 5.86. The van der Waals surface area contributed by atoms with Crippen LogP contribution in [0.3, 0.4) is 0 Å². The largest absolute Gasteiger partial charge is 0.325 e. The summed E-state index contributed by atoms with van der Waals surface area (Å²) in [4.78, 5) is 29.7. The molecule has 0 spiro atoms. The van der Waals surface area contributed by atoms with Gasteiger partial charge in [-0.25, -0.2) is 0 Å². The van der Waals surface area contributed by atoms with Crippen LogP contribution in [-0.2, 0) is 9.59 Å². The van der Waals surface area contributed by atoms with E-state index in [1.807, 2.05) is 121 Å². The lowest BCUT2D eigenvalue weighted by atomic mass is 9.88. The SMILES string of the molecule is O=CC1(N(c2ccccc2)c2cccc(-c3cccc(N(c4ccccc4)C4(C=O)C=CC=CC4)c3)c2)C=CC=CC1. The van der Waals surface area contributed by atoms with E-state index in [0.717, 1.165) is 46.4 Å². The van der Waals surface area contributed by atoms with Crippen LogP contribution in [-0.4, -0.2) is 23.7 Å². The molecule has 0 bridgehead atoms. The van der Waals surface area contributed by atoms with Gasteiger partial charge < -0.3 is 19.4 Å². The smallest absolute Gasteiger partial charge is 0.150 e. The quantitative estimate of drug-likeness (QED) is 0.197. The molecule has 0 saturated heterocycles. The van der Waals surface area contributed by atoms with Gasteiger partial charge in [-0.15, -0.1) is 0 Å². The molecule has 6 rings (SSSR count). The van der Waals surface area contributed by atoms with E-state index in [2.05, 4.69) is 46.2 Å². The molecule has 0 aliphatic heterocycles. The molecule has 2 aliphatic rings. The highest BCUT2D eigenvalue weighted by Crippen LogP contribution is 2.41. The van der Waals surface area contributed by atoms with Crippen molar-refractivity contribution < 1.29 is 9.59 Å². The molecule has 0 amide bonds. The summed E-state index contributed by atoms with van der Waals surface area (Å²) in [6.07, 6.45) is 19.1. The Balaban J connectivity index is 1.45. The topological polar surface area (TPSA) is 40.6 Å². The van der Waals surface area contributed by atoms with Gasteiger partial charge in [-0.05, 0) is 72.5 Å². The maximum Gasteiger partial charge on any atom is 0.150 e. The number of carbonyl (C=O) groups excluding carboxylic acids is 2. The van der Waals surface area contributed by atoms with Crippen LogP contribution in [0.5, 0.6) is 0 Å². The van der Waals surface area contributed by atoms with Gasteiger partial charge in [0.15, 0.2) is 0 Å². The summed E-state index contributed by atoms with van der Waals surface area (Å²) >= 11 is 0. The molecule has 2 aliphatic carbocycles. The van der Waals surface area contributed by atoms with Crippen LogP contribution in [0.2, 0.25) is 0 Å². The second kappa shape index (κ2) is 11.7. The van der Waals surface area contributed by atoms with Gasteiger partial charge in [0.1, 0.15) is 23.7 Å². The molecular weight excluding hydrogens is 516 g/mol. The van der Waals surface area contributed by atoms with E-state index in [0.29, 0.717) is 12.8 Å². The second-order valence-electron chi connectivity index (χ2n) is 10.6. The minimum absolute atomic E-state index is 0.573. The summed E-state index contributed by atoms with van der Waals surface area (Å²) in [7, 11) is 0. The third kappa shape index (κ3) is 5.04. The summed E-state index contributed by atoms with van der Waals surface area (Å²) in [5.74, 6) is 0. The van der Waals surface area contributed by atoms with Crippen LogP contribution in [0.1, 0.15) is 12.8 Å². The van der Waals surface area contributed by atoms with Crippen molar-refractivity contribution in [2.45, 2.75) is 23.9 Å². The molecule has 4 aromatic carbocycles. The maximum atomic E-state index is 12.7.